The fraction of sp³-hybridized carbons (Fsp3) is 0.750. The number of likely N-dealkylation sites (N-methyl/N-ethyl adjacent to an activating group) is 1. The summed E-state index contributed by atoms with van der Waals surface area (Å²) in [6, 6.07) is 2.01. The van der Waals surface area contributed by atoms with E-state index < -0.39 is 15.3 Å². The van der Waals surface area contributed by atoms with E-state index in [-0.39, 0.29) is 6.61 Å². The van der Waals surface area contributed by atoms with E-state index in [1.165, 1.54) is 7.11 Å². The summed E-state index contributed by atoms with van der Waals surface area (Å²) in [5.74, 6) is 0.844. The van der Waals surface area contributed by atoms with Gasteiger partial charge in [0.1, 0.15) is 0 Å². The summed E-state index contributed by atoms with van der Waals surface area (Å²) in [6.07, 6.45) is 0.601. The smallest absolute Gasteiger partial charge is 0.219 e. The normalized spacial score (nSPS) is 21.2. The maximum absolute atomic E-state index is 12.7. The molecule has 0 radical (unpaired) electrons. The lowest BCUT2D eigenvalue weighted by atomic mass is 10.1. The second-order valence-electron chi connectivity index (χ2n) is 6.86. The molecule has 1 saturated heterocycles. The summed E-state index contributed by atoms with van der Waals surface area (Å²) in [4.78, 5) is 4.50. The number of hydrogen-bond acceptors (Lipinski definition) is 7. The van der Waals surface area contributed by atoms with Crippen LogP contribution in [0.4, 0.5) is 5.82 Å². The van der Waals surface area contributed by atoms with Gasteiger partial charge in [0.25, 0.3) is 0 Å². The van der Waals surface area contributed by atoms with Crippen LogP contribution in [-0.4, -0.2) is 86.6 Å². The zero-order chi connectivity index (χ0) is 18.0. The standard InChI is InChI=1S/C16H27N5O3S/c1-13(12-24-3)25(22,23)21-5-4-15-14(11-21)10-16(18-17-15)20-8-6-19(2)7-9-20/h10,13H,4-9,11-12H2,1-3H3. The fourth-order valence-electron chi connectivity index (χ4n) is 3.27. The van der Waals surface area contributed by atoms with Crippen LogP contribution in [0.5, 0.6) is 0 Å². The van der Waals surface area contributed by atoms with Gasteiger partial charge in [0.15, 0.2) is 5.82 Å². The minimum absolute atomic E-state index is 0.201. The van der Waals surface area contributed by atoms with Crippen LogP contribution < -0.4 is 4.90 Å². The van der Waals surface area contributed by atoms with Gasteiger partial charge in [-0.2, -0.15) is 9.40 Å². The highest BCUT2D eigenvalue weighted by molar-refractivity contribution is 7.89. The van der Waals surface area contributed by atoms with Crippen molar-refractivity contribution in [2.24, 2.45) is 0 Å². The van der Waals surface area contributed by atoms with Gasteiger partial charge in [-0.15, -0.1) is 5.10 Å². The van der Waals surface area contributed by atoms with Crippen molar-refractivity contribution in [1.29, 1.82) is 0 Å². The van der Waals surface area contributed by atoms with Gasteiger partial charge in [-0.1, -0.05) is 0 Å². The van der Waals surface area contributed by atoms with Crippen molar-refractivity contribution in [1.82, 2.24) is 19.4 Å². The molecule has 25 heavy (non-hydrogen) atoms. The van der Waals surface area contributed by atoms with Gasteiger partial charge in [-0.05, 0) is 25.6 Å². The zero-order valence-electron chi connectivity index (χ0n) is 15.2. The average molecular weight is 369 g/mol. The second-order valence-corrected chi connectivity index (χ2v) is 9.21. The Bertz CT molecular complexity index is 704. The highest BCUT2D eigenvalue weighted by atomic mass is 32.2. The van der Waals surface area contributed by atoms with Crippen molar-refractivity contribution in [2.45, 2.75) is 25.1 Å². The Morgan fingerprint density at radius 2 is 1.92 bits per heavy atom. The van der Waals surface area contributed by atoms with Crippen molar-refractivity contribution in [3.63, 3.8) is 0 Å². The molecule has 0 aromatic carbocycles. The van der Waals surface area contributed by atoms with E-state index >= 15 is 0 Å². The predicted molar refractivity (Wildman–Crippen MR) is 96.1 cm³/mol. The first kappa shape index (κ1) is 18.5. The highest BCUT2D eigenvalue weighted by Crippen LogP contribution is 2.24. The van der Waals surface area contributed by atoms with Crippen LogP contribution in [0.25, 0.3) is 0 Å². The summed E-state index contributed by atoms with van der Waals surface area (Å²) in [5, 5.41) is 8.17. The van der Waals surface area contributed by atoms with E-state index in [1.54, 1.807) is 11.2 Å². The van der Waals surface area contributed by atoms with Crippen LogP contribution in [0, 0.1) is 0 Å². The number of piperazine rings is 1. The minimum atomic E-state index is -3.37. The molecule has 1 unspecified atom stereocenters. The minimum Gasteiger partial charge on any atom is -0.383 e. The van der Waals surface area contributed by atoms with Crippen LogP contribution >= 0.6 is 0 Å². The van der Waals surface area contributed by atoms with Crippen LogP contribution in [0.1, 0.15) is 18.2 Å². The lowest BCUT2D eigenvalue weighted by molar-refractivity contribution is 0.197. The van der Waals surface area contributed by atoms with Gasteiger partial charge < -0.3 is 14.5 Å². The van der Waals surface area contributed by atoms with Crippen LogP contribution in [0.3, 0.4) is 0 Å². The van der Waals surface area contributed by atoms with Crippen molar-refractivity contribution >= 4 is 15.8 Å². The van der Waals surface area contributed by atoms with Gasteiger partial charge in [0, 0.05) is 52.8 Å². The summed E-state index contributed by atoms with van der Waals surface area (Å²) in [5.41, 5.74) is 1.87. The third kappa shape index (κ3) is 3.94. The topological polar surface area (TPSA) is 78.9 Å². The molecular weight excluding hydrogens is 342 g/mol. The number of anilines is 1. The highest BCUT2D eigenvalue weighted by Gasteiger charge is 2.32. The molecule has 0 spiro atoms. The second kappa shape index (κ2) is 7.53. The maximum atomic E-state index is 12.7. The van der Waals surface area contributed by atoms with E-state index in [9.17, 15) is 8.42 Å². The van der Waals surface area contributed by atoms with E-state index in [0.29, 0.717) is 19.5 Å². The molecule has 0 amide bonds. The van der Waals surface area contributed by atoms with Gasteiger partial charge in [-0.25, -0.2) is 8.42 Å². The van der Waals surface area contributed by atoms with E-state index in [2.05, 4.69) is 27.0 Å². The molecule has 0 bridgehead atoms. The number of sulfonamides is 1. The lowest BCUT2D eigenvalue weighted by Crippen LogP contribution is -2.45. The third-order valence-corrected chi connectivity index (χ3v) is 7.17. The molecule has 1 fully saturated rings. The first-order valence-corrected chi connectivity index (χ1v) is 10.2. The zero-order valence-corrected chi connectivity index (χ0v) is 16.0. The number of methoxy groups -OCH3 is 1. The fourth-order valence-corrected chi connectivity index (χ4v) is 4.76. The Labute approximate surface area is 149 Å². The predicted octanol–water partition coefficient (Wildman–Crippen LogP) is -0.0488. The first-order chi connectivity index (χ1) is 11.9. The summed E-state index contributed by atoms with van der Waals surface area (Å²) in [7, 11) is 0.262. The van der Waals surface area contributed by atoms with Crippen molar-refractivity contribution in [3.8, 4) is 0 Å². The molecule has 2 aliphatic rings. The number of rotatable bonds is 5. The molecule has 3 rings (SSSR count). The largest absolute Gasteiger partial charge is 0.383 e. The number of aromatic nitrogens is 2. The Morgan fingerprint density at radius 3 is 2.60 bits per heavy atom. The molecule has 140 valence electrons. The molecule has 0 aliphatic carbocycles. The molecule has 0 N–H and O–H groups in total. The molecule has 9 heteroatoms. The number of fused-ring (bicyclic) bond motifs is 1. The molecule has 2 aliphatic heterocycles. The van der Waals surface area contributed by atoms with E-state index in [0.717, 1.165) is 43.3 Å². The summed E-state index contributed by atoms with van der Waals surface area (Å²) in [6.45, 7) is 6.52. The molecule has 3 heterocycles. The Morgan fingerprint density at radius 1 is 1.20 bits per heavy atom. The van der Waals surface area contributed by atoms with Crippen LogP contribution in [0.2, 0.25) is 0 Å². The van der Waals surface area contributed by atoms with Gasteiger partial charge in [0.05, 0.1) is 17.6 Å². The SMILES string of the molecule is COCC(C)S(=O)(=O)N1CCc2nnc(N3CCN(C)CC3)cc2C1. The number of nitrogens with zero attached hydrogens (tertiary/aromatic N) is 5. The molecule has 1 aromatic rings. The molecule has 1 atom stereocenters. The van der Waals surface area contributed by atoms with Crippen molar-refractivity contribution < 1.29 is 13.2 Å². The molecule has 8 nitrogen and oxygen atoms in total. The van der Waals surface area contributed by atoms with E-state index in [4.69, 9.17) is 4.74 Å². The molecule has 0 saturated carbocycles. The van der Waals surface area contributed by atoms with Gasteiger partial charge in [0.2, 0.25) is 10.0 Å². The third-order valence-electron chi connectivity index (χ3n) is 4.99. The Balaban J connectivity index is 1.77. The molecule has 1 aromatic heterocycles. The lowest BCUT2D eigenvalue weighted by Gasteiger charge is -2.34. The number of ether oxygens (including phenoxy) is 1. The first-order valence-electron chi connectivity index (χ1n) is 8.68. The van der Waals surface area contributed by atoms with E-state index in [1.807, 2.05) is 6.07 Å². The van der Waals surface area contributed by atoms with Crippen LogP contribution in [-0.2, 0) is 27.7 Å². The van der Waals surface area contributed by atoms with Gasteiger partial charge in [-0.3, -0.25) is 0 Å². The quantitative estimate of drug-likeness (QED) is 0.720. The Kier molecular flexibility index (Phi) is 5.57. The van der Waals surface area contributed by atoms with Gasteiger partial charge >= 0.3 is 0 Å². The average Bonchev–Trinajstić information content (AvgIpc) is 2.61. The van der Waals surface area contributed by atoms with Crippen molar-refractivity contribution in [3.05, 3.63) is 17.3 Å². The summed E-state index contributed by atoms with van der Waals surface area (Å²) < 4.78 is 32.0. The van der Waals surface area contributed by atoms with Crippen molar-refractivity contribution in [2.75, 3.05) is 58.4 Å². The monoisotopic (exact) mass is 369 g/mol. The number of hydrogen-bond donors (Lipinski definition) is 0. The summed E-state index contributed by atoms with van der Waals surface area (Å²) >= 11 is 0. The Hall–Kier alpha value is -1.29. The van der Waals surface area contributed by atoms with Crippen LogP contribution in [0.15, 0.2) is 6.07 Å². The maximum Gasteiger partial charge on any atom is 0.219 e. The molecular formula is C16H27N5O3S.